The average Bonchev–Trinajstić information content (AvgIpc) is 2.62. The Kier molecular flexibility index (Phi) is 21.0. The average molecular weight is 474 g/mol. The Morgan fingerprint density at radius 2 is 0.821 bits per heavy atom. The van der Waals surface area contributed by atoms with Crippen LogP contribution in [0.25, 0.3) is 0 Å². The summed E-state index contributed by atoms with van der Waals surface area (Å²) in [5.41, 5.74) is 0. The second kappa shape index (κ2) is 17.0. The molecule has 16 heteroatoms. The Hall–Kier alpha value is -0.877. The standard InChI is InChI=1S/2C6H12O7.H2O.Zn/c2*7-1-2(8)3(9)4(10)5(11)6(12)13;;/h2*2-5,7-11H,1H2,(H,12,13);1H2;/q;;;+2/p-2. The van der Waals surface area contributed by atoms with Crippen LogP contribution >= 0.6 is 0 Å². The number of hydrogen-bond acceptors (Lipinski definition) is 14. The zero-order chi connectivity index (χ0) is 21.2. The minimum absolute atomic E-state index is 0. The first kappa shape index (κ1) is 34.6. The molecule has 0 aromatic carbocycles. The van der Waals surface area contributed by atoms with Crippen molar-refractivity contribution >= 4 is 11.9 Å². The first-order valence-electron chi connectivity index (χ1n) is 6.91. The third kappa shape index (κ3) is 11.9. The normalized spacial score (nSPS) is 18.9. The topological polar surface area (TPSA) is 314 Å². The van der Waals surface area contributed by atoms with E-state index in [-0.39, 0.29) is 25.0 Å². The van der Waals surface area contributed by atoms with E-state index in [0.29, 0.717) is 0 Å². The fraction of sp³-hybridized carbons (Fsp3) is 0.833. The predicted octanol–water partition coefficient (Wildman–Crippen LogP) is -10.5. The second-order valence-electron chi connectivity index (χ2n) is 4.99. The first-order valence-corrected chi connectivity index (χ1v) is 6.91. The first-order chi connectivity index (χ1) is 11.8. The van der Waals surface area contributed by atoms with Crippen molar-refractivity contribution in [2.45, 2.75) is 48.8 Å². The van der Waals surface area contributed by atoms with E-state index in [1.54, 1.807) is 0 Å². The molecule has 0 radical (unpaired) electrons. The van der Waals surface area contributed by atoms with Gasteiger partial charge in [-0.05, 0) is 0 Å². The van der Waals surface area contributed by atoms with Crippen molar-refractivity contribution < 1.29 is 95.8 Å². The van der Waals surface area contributed by atoms with Crippen LogP contribution in [-0.4, -0.2) is 131 Å². The predicted molar refractivity (Wildman–Crippen MR) is 75.9 cm³/mol. The molecule has 0 fully saturated rings. The van der Waals surface area contributed by atoms with Crippen molar-refractivity contribution in [3.63, 3.8) is 0 Å². The molecule has 15 nitrogen and oxygen atoms in total. The molecule has 0 amide bonds. The smallest absolute Gasteiger partial charge is 0.547 e. The van der Waals surface area contributed by atoms with Crippen LogP contribution in [0.5, 0.6) is 0 Å². The van der Waals surface area contributed by atoms with Crippen molar-refractivity contribution in [3.8, 4) is 0 Å². The molecule has 12 N–H and O–H groups in total. The van der Waals surface area contributed by atoms with Gasteiger partial charge in [0.1, 0.15) is 48.8 Å². The monoisotopic (exact) mass is 472 g/mol. The Morgan fingerprint density at radius 1 is 0.607 bits per heavy atom. The molecule has 0 aliphatic heterocycles. The maximum atomic E-state index is 9.98. The third-order valence-corrected chi connectivity index (χ3v) is 2.99. The molecule has 8 unspecified atom stereocenters. The van der Waals surface area contributed by atoms with Gasteiger partial charge in [-0.15, -0.1) is 0 Å². The summed E-state index contributed by atoms with van der Waals surface area (Å²) in [6, 6.07) is 0. The third-order valence-electron chi connectivity index (χ3n) is 2.99. The Labute approximate surface area is 170 Å². The van der Waals surface area contributed by atoms with Gasteiger partial charge in [0.05, 0.1) is 25.2 Å². The molecule has 0 bridgehead atoms. The largest absolute Gasteiger partial charge is 2.00 e. The van der Waals surface area contributed by atoms with Crippen LogP contribution in [0, 0.1) is 0 Å². The molecule has 0 saturated carbocycles. The van der Waals surface area contributed by atoms with Gasteiger partial charge in [0.15, 0.2) is 0 Å². The van der Waals surface area contributed by atoms with Crippen molar-refractivity contribution in [2.24, 2.45) is 0 Å². The van der Waals surface area contributed by atoms with Crippen LogP contribution < -0.4 is 10.2 Å². The second-order valence-corrected chi connectivity index (χ2v) is 4.99. The van der Waals surface area contributed by atoms with E-state index >= 15 is 0 Å². The van der Waals surface area contributed by atoms with Crippen LogP contribution in [0.4, 0.5) is 0 Å². The molecular formula is C12H24O15Zn. The van der Waals surface area contributed by atoms with Gasteiger partial charge in [-0.3, -0.25) is 0 Å². The van der Waals surface area contributed by atoms with Gasteiger partial charge in [-0.25, -0.2) is 0 Å². The molecule has 0 aromatic rings. The van der Waals surface area contributed by atoms with E-state index in [9.17, 15) is 19.8 Å². The molecular weight excluding hydrogens is 450 g/mol. The number of aliphatic hydroxyl groups excluding tert-OH is 10. The number of carbonyl (C=O) groups excluding carboxylic acids is 2. The maximum absolute atomic E-state index is 9.98. The molecule has 0 spiro atoms. The van der Waals surface area contributed by atoms with E-state index in [0.717, 1.165) is 0 Å². The van der Waals surface area contributed by atoms with Crippen molar-refractivity contribution in [2.75, 3.05) is 13.2 Å². The summed E-state index contributed by atoms with van der Waals surface area (Å²) < 4.78 is 0. The number of carboxylic acids is 2. The summed E-state index contributed by atoms with van der Waals surface area (Å²) in [4.78, 5) is 20.0. The fourth-order valence-electron chi connectivity index (χ4n) is 1.32. The number of aliphatic carboxylic acids is 2. The van der Waals surface area contributed by atoms with Crippen LogP contribution in [0.2, 0.25) is 0 Å². The minimum atomic E-state index is -2.31. The number of carboxylic acid groups (broad SMARTS) is 2. The Balaban J connectivity index is -0.000000192. The number of aliphatic hydroxyl groups is 10. The number of carbonyl (C=O) groups is 2. The summed E-state index contributed by atoms with van der Waals surface area (Å²) in [5, 5.41) is 107. The summed E-state index contributed by atoms with van der Waals surface area (Å²) in [7, 11) is 0. The van der Waals surface area contributed by atoms with Crippen LogP contribution in [0.1, 0.15) is 0 Å². The quantitative estimate of drug-likeness (QED) is 0.132. The molecule has 0 heterocycles. The SMILES string of the molecule is O.O=C([O-])C(O)C(O)C(O)C(O)CO.O=C([O-])C(O)C(O)C(O)C(O)CO.[Zn+2]. The van der Waals surface area contributed by atoms with Gasteiger partial charge in [0.25, 0.3) is 0 Å². The van der Waals surface area contributed by atoms with Gasteiger partial charge in [0.2, 0.25) is 0 Å². The molecule has 0 aliphatic rings. The summed E-state index contributed by atoms with van der Waals surface area (Å²) >= 11 is 0. The summed E-state index contributed by atoms with van der Waals surface area (Å²) in [6.07, 6.45) is -16.2. The van der Waals surface area contributed by atoms with Crippen molar-refractivity contribution in [1.82, 2.24) is 0 Å². The van der Waals surface area contributed by atoms with Crippen LogP contribution in [0.3, 0.4) is 0 Å². The molecule has 0 aromatic heterocycles. The van der Waals surface area contributed by atoms with E-state index in [1.165, 1.54) is 0 Å². The maximum Gasteiger partial charge on any atom is 2.00 e. The summed E-state index contributed by atoms with van der Waals surface area (Å²) in [6.45, 7) is -1.73. The van der Waals surface area contributed by atoms with Crippen LogP contribution in [0.15, 0.2) is 0 Å². The van der Waals surface area contributed by atoms with Crippen LogP contribution in [-0.2, 0) is 29.1 Å². The van der Waals surface area contributed by atoms with Gasteiger partial charge in [-0.1, -0.05) is 0 Å². The molecule has 28 heavy (non-hydrogen) atoms. The molecule has 0 rings (SSSR count). The van der Waals surface area contributed by atoms with E-state index in [2.05, 4.69) is 0 Å². The van der Waals surface area contributed by atoms with Gasteiger partial charge in [-0.2, -0.15) is 0 Å². The molecule has 0 saturated heterocycles. The molecule has 0 aliphatic carbocycles. The van der Waals surface area contributed by atoms with Gasteiger partial charge < -0.3 is 76.3 Å². The van der Waals surface area contributed by atoms with E-state index < -0.39 is 74.0 Å². The zero-order valence-electron chi connectivity index (χ0n) is 14.3. The Bertz CT molecular complexity index is 386. The minimum Gasteiger partial charge on any atom is -0.547 e. The molecule has 164 valence electrons. The van der Waals surface area contributed by atoms with E-state index in [4.69, 9.17) is 51.1 Å². The van der Waals surface area contributed by atoms with Gasteiger partial charge in [0, 0.05) is 0 Å². The number of hydrogen-bond donors (Lipinski definition) is 10. The van der Waals surface area contributed by atoms with Crippen molar-refractivity contribution in [1.29, 1.82) is 0 Å². The molecule has 8 atom stereocenters. The fourth-order valence-corrected chi connectivity index (χ4v) is 1.32. The summed E-state index contributed by atoms with van der Waals surface area (Å²) in [5.74, 6) is -3.95. The zero-order valence-corrected chi connectivity index (χ0v) is 17.3. The number of rotatable bonds is 10. The Morgan fingerprint density at radius 3 is 0.964 bits per heavy atom. The van der Waals surface area contributed by atoms with E-state index in [1.807, 2.05) is 0 Å². The van der Waals surface area contributed by atoms with Crippen molar-refractivity contribution in [3.05, 3.63) is 0 Å². The van der Waals surface area contributed by atoms with Gasteiger partial charge >= 0.3 is 19.5 Å².